The number of nitrogens with zero attached hydrogens (tertiary/aromatic N) is 3. The van der Waals surface area contributed by atoms with Gasteiger partial charge in [0.1, 0.15) is 0 Å². The summed E-state index contributed by atoms with van der Waals surface area (Å²) in [6.45, 7) is 4.65. The fourth-order valence-electron chi connectivity index (χ4n) is 1.92. The van der Waals surface area contributed by atoms with Crippen LogP contribution in [0.1, 0.15) is 23.0 Å². The smallest absolute Gasteiger partial charge is 0.261 e. The Kier molecular flexibility index (Phi) is 4.30. The molecule has 0 saturated carbocycles. The van der Waals surface area contributed by atoms with Crippen molar-refractivity contribution in [1.29, 1.82) is 0 Å². The highest BCUT2D eigenvalue weighted by atomic mass is 16.2. The van der Waals surface area contributed by atoms with E-state index in [0.717, 1.165) is 23.6 Å². The summed E-state index contributed by atoms with van der Waals surface area (Å²) >= 11 is 0. The molecule has 5 heteroatoms. The number of aromatic nitrogens is 2. The van der Waals surface area contributed by atoms with Gasteiger partial charge in [0.2, 0.25) is 0 Å². The number of aryl methyl sites for hydroxylation is 1. The van der Waals surface area contributed by atoms with Crippen LogP contribution in [0.15, 0.2) is 36.8 Å². The molecule has 20 heavy (non-hydrogen) atoms. The molecule has 0 atom stereocenters. The van der Waals surface area contributed by atoms with Gasteiger partial charge in [-0.1, -0.05) is 0 Å². The Bertz CT molecular complexity index is 598. The highest BCUT2D eigenvalue weighted by Gasteiger charge is 2.17. The lowest BCUT2D eigenvalue weighted by atomic mass is 10.1. The molecule has 0 aliphatic heterocycles. The van der Waals surface area contributed by atoms with Gasteiger partial charge in [0.15, 0.2) is 0 Å². The lowest BCUT2D eigenvalue weighted by Gasteiger charge is -2.19. The number of nitrogens with one attached hydrogen (secondary N) is 1. The predicted molar refractivity (Wildman–Crippen MR) is 80.1 cm³/mol. The van der Waals surface area contributed by atoms with Crippen molar-refractivity contribution in [1.82, 2.24) is 9.97 Å². The first-order chi connectivity index (χ1) is 9.63. The topological polar surface area (TPSA) is 58.1 Å². The summed E-state index contributed by atoms with van der Waals surface area (Å²) in [5.74, 6) is -0.110. The summed E-state index contributed by atoms with van der Waals surface area (Å²) in [5.41, 5.74) is 2.99. The van der Waals surface area contributed by atoms with Crippen LogP contribution in [0.5, 0.6) is 0 Å². The van der Waals surface area contributed by atoms with Crippen LogP contribution in [0.4, 0.5) is 11.4 Å². The van der Waals surface area contributed by atoms with E-state index in [1.165, 1.54) is 0 Å². The van der Waals surface area contributed by atoms with Crippen LogP contribution in [0.3, 0.4) is 0 Å². The molecular weight excluding hydrogens is 252 g/mol. The van der Waals surface area contributed by atoms with Crippen molar-refractivity contribution in [2.45, 2.75) is 13.8 Å². The molecular formula is C15H18N4O. The molecule has 0 saturated heterocycles. The van der Waals surface area contributed by atoms with Crippen molar-refractivity contribution in [3.63, 3.8) is 0 Å². The fraction of sp³-hybridized carbons (Fsp3) is 0.267. The van der Waals surface area contributed by atoms with Crippen molar-refractivity contribution in [2.75, 3.05) is 23.8 Å². The zero-order chi connectivity index (χ0) is 14.5. The van der Waals surface area contributed by atoms with E-state index in [4.69, 9.17) is 0 Å². The van der Waals surface area contributed by atoms with E-state index in [2.05, 4.69) is 15.3 Å². The third kappa shape index (κ3) is 2.93. The van der Waals surface area contributed by atoms with Crippen LogP contribution >= 0.6 is 0 Å². The summed E-state index contributed by atoms with van der Waals surface area (Å²) < 4.78 is 0. The fourth-order valence-corrected chi connectivity index (χ4v) is 1.92. The van der Waals surface area contributed by atoms with Gasteiger partial charge in [-0.2, -0.15) is 0 Å². The number of hydrogen-bond acceptors (Lipinski definition) is 4. The summed E-state index contributed by atoms with van der Waals surface area (Å²) in [6, 6.07) is 5.53. The normalized spacial score (nSPS) is 10.2. The maximum Gasteiger partial charge on any atom is 0.261 e. The average Bonchev–Trinajstić information content (AvgIpc) is 2.47. The number of rotatable bonds is 4. The molecule has 1 N–H and O–H groups in total. The number of anilines is 2. The Morgan fingerprint density at radius 3 is 2.85 bits per heavy atom. The Labute approximate surface area is 118 Å². The molecule has 0 spiro atoms. The SMILES string of the molecule is CCNc1cc(C)ncc1C(=O)N(C)c1cccnc1. The van der Waals surface area contributed by atoms with Crippen LogP contribution in [0.2, 0.25) is 0 Å². The van der Waals surface area contributed by atoms with Gasteiger partial charge in [-0.05, 0) is 32.0 Å². The van der Waals surface area contributed by atoms with Gasteiger partial charge in [-0.15, -0.1) is 0 Å². The average molecular weight is 270 g/mol. The molecule has 0 radical (unpaired) electrons. The molecule has 2 aromatic rings. The maximum atomic E-state index is 12.6. The standard InChI is InChI=1S/C15H18N4O/c1-4-17-14-8-11(2)18-10-13(14)15(20)19(3)12-6-5-7-16-9-12/h5-10H,4H2,1-3H3,(H,17,18). The summed E-state index contributed by atoms with van der Waals surface area (Å²) in [7, 11) is 1.73. The van der Waals surface area contributed by atoms with Gasteiger partial charge in [0.25, 0.3) is 5.91 Å². The molecule has 0 unspecified atom stereocenters. The molecule has 2 heterocycles. The van der Waals surface area contributed by atoms with Crippen LogP contribution in [0.25, 0.3) is 0 Å². The molecule has 0 bridgehead atoms. The van der Waals surface area contributed by atoms with E-state index in [0.29, 0.717) is 5.56 Å². The number of amides is 1. The van der Waals surface area contributed by atoms with Gasteiger partial charge < -0.3 is 10.2 Å². The minimum Gasteiger partial charge on any atom is -0.385 e. The summed E-state index contributed by atoms with van der Waals surface area (Å²) in [4.78, 5) is 22.4. The Hall–Kier alpha value is -2.43. The number of carbonyl (C=O) groups excluding carboxylic acids is 1. The maximum absolute atomic E-state index is 12.6. The molecule has 2 aromatic heterocycles. The third-order valence-electron chi connectivity index (χ3n) is 2.98. The van der Waals surface area contributed by atoms with Crippen molar-refractivity contribution >= 4 is 17.3 Å². The second-order valence-corrected chi connectivity index (χ2v) is 4.48. The number of carbonyl (C=O) groups is 1. The zero-order valence-corrected chi connectivity index (χ0v) is 11.9. The van der Waals surface area contributed by atoms with Gasteiger partial charge in [0, 0.05) is 31.7 Å². The van der Waals surface area contributed by atoms with E-state index < -0.39 is 0 Å². The molecule has 104 valence electrons. The number of pyridine rings is 2. The van der Waals surface area contributed by atoms with Gasteiger partial charge in [-0.3, -0.25) is 14.8 Å². The second kappa shape index (κ2) is 6.14. The molecule has 0 fully saturated rings. The van der Waals surface area contributed by atoms with Gasteiger partial charge in [-0.25, -0.2) is 0 Å². The van der Waals surface area contributed by atoms with Crippen LogP contribution in [-0.2, 0) is 0 Å². The van der Waals surface area contributed by atoms with Crippen LogP contribution in [-0.4, -0.2) is 29.5 Å². The van der Waals surface area contributed by atoms with Crippen molar-refractivity contribution in [2.24, 2.45) is 0 Å². The van der Waals surface area contributed by atoms with E-state index >= 15 is 0 Å². The molecule has 0 aliphatic carbocycles. The highest BCUT2D eigenvalue weighted by molar-refractivity contribution is 6.09. The number of hydrogen-bond donors (Lipinski definition) is 1. The lowest BCUT2D eigenvalue weighted by Crippen LogP contribution is -2.27. The van der Waals surface area contributed by atoms with E-state index in [-0.39, 0.29) is 5.91 Å². The van der Waals surface area contributed by atoms with Gasteiger partial charge >= 0.3 is 0 Å². The van der Waals surface area contributed by atoms with Crippen molar-refractivity contribution in [3.05, 3.63) is 48.0 Å². The molecule has 5 nitrogen and oxygen atoms in total. The van der Waals surface area contributed by atoms with Gasteiger partial charge in [0.05, 0.1) is 23.1 Å². The van der Waals surface area contributed by atoms with Crippen molar-refractivity contribution < 1.29 is 4.79 Å². The first-order valence-electron chi connectivity index (χ1n) is 6.52. The molecule has 1 amide bonds. The monoisotopic (exact) mass is 270 g/mol. The molecule has 2 rings (SSSR count). The minimum absolute atomic E-state index is 0.110. The lowest BCUT2D eigenvalue weighted by molar-refractivity contribution is 0.0993. The Morgan fingerprint density at radius 1 is 1.40 bits per heavy atom. The van der Waals surface area contributed by atoms with E-state index in [1.54, 1.807) is 36.6 Å². The third-order valence-corrected chi connectivity index (χ3v) is 2.98. The first kappa shape index (κ1) is 14.0. The minimum atomic E-state index is -0.110. The highest BCUT2D eigenvalue weighted by Crippen LogP contribution is 2.20. The second-order valence-electron chi connectivity index (χ2n) is 4.48. The van der Waals surface area contributed by atoms with Crippen LogP contribution in [0, 0.1) is 6.92 Å². The van der Waals surface area contributed by atoms with E-state index in [9.17, 15) is 4.79 Å². The predicted octanol–water partition coefficient (Wildman–Crippen LogP) is 2.49. The summed E-state index contributed by atoms with van der Waals surface area (Å²) in [6.07, 6.45) is 4.95. The Morgan fingerprint density at radius 2 is 2.20 bits per heavy atom. The van der Waals surface area contributed by atoms with E-state index in [1.807, 2.05) is 26.0 Å². The first-order valence-corrected chi connectivity index (χ1v) is 6.52. The molecule has 0 aromatic carbocycles. The van der Waals surface area contributed by atoms with Crippen molar-refractivity contribution in [3.8, 4) is 0 Å². The quantitative estimate of drug-likeness (QED) is 0.927. The van der Waals surface area contributed by atoms with Crippen LogP contribution < -0.4 is 10.2 Å². The molecule has 0 aliphatic rings. The summed E-state index contributed by atoms with van der Waals surface area (Å²) in [5, 5.41) is 3.20. The largest absolute Gasteiger partial charge is 0.385 e. The Balaban J connectivity index is 2.33. The zero-order valence-electron chi connectivity index (χ0n) is 11.9.